The first-order valence-electron chi connectivity index (χ1n) is 8.93. The highest BCUT2D eigenvalue weighted by Gasteiger charge is 2.32. The zero-order valence-electron chi connectivity index (χ0n) is 14.9. The van der Waals surface area contributed by atoms with Crippen LogP contribution in [0, 0.1) is 0 Å². The SMILES string of the molecule is CC(C)(CN1CCN(c2ccncc2)C[C@@H](O)C1)N1CCOCC1. The molecular formula is C18H30N4O2. The van der Waals surface area contributed by atoms with Gasteiger partial charge in [0.25, 0.3) is 0 Å². The fourth-order valence-electron chi connectivity index (χ4n) is 3.80. The van der Waals surface area contributed by atoms with Crippen molar-refractivity contribution in [3.8, 4) is 0 Å². The average Bonchev–Trinajstić information content (AvgIpc) is 2.77. The molecule has 24 heavy (non-hydrogen) atoms. The molecule has 3 rings (SSSR count). The summed E-state index contributed by atoms with van der Waals surface area (Å²) in [6, 6.07) is 4.03. The lowest BCUT2D eigenvalue weighted by atomic mass is 10.0. The first kappa shape index (κ1) is 17.6. The number of hydrogen-bond acceptors (Lipinski definition) is 6. The van der Waals surface area contributed by atoms with Gasteiger partial charge in [-0.2, -0.15) is 0 Å². The van der Waals surface area contributed by atoms with Gasteiger partial charge < -0.3 is 14.7 Å². The molecule has 0 aromatic carbocycles. The van der Waals surface area contributed by atoms with Gasteiger partial charge in [-0.1, -0.05) is 0 Å². The number of pyridine rings is 1. The van der Waals surface area contributed by atoms with Crippen molar-refractivity contribution in [1.29, 1.82) is 0 Å². The molecule has 0 saturated carbocycles. The maximum absolute atomic E-state index is 10.5. The van der Waals surface area contributed by atoms with E-state index in [1.54, 1.807) is 0 Å². The summed E-state index contributed by atoms with van der Waals surface area (Å²) in [4.78, 5) is 11.3. The second kappa shape index (κ2) is 7.78. The molecule has 0 unspecified atom stereocenters. The molecule has 1 aromatic rings. The minimum absolute atomic E-state index is 0.0926. The van der Waals surface area contributed by atoms with Crippen LogP contribution in [0.15, 0.2) is 24.5 Å². The lowest BCUT2D eigenvalue weighted by Crippen LogP contribution is -2.56. The number of aliphatic hydroxyl groups excluding tert-OH is 1. The predicted molar refractivity (Wildman–Crippen MR) is 95.4 cm³/mol. The highest BCUT2D eigenvalue weighted by atomic mass is 16.5. The highest BCUT2D eigenvalue weighted by molar-refractivity contribution is 5.44. The van der Waals surface area contributed by atoms with Crippen molar-refractivity contribution in [2.45, 2.75) is 25.5 Å². The topological polar surface area (TPSA) is 52.1 Å². The maximum Gasteiger partial charge on any atom is 0.0841 e. The molecule has 1 N–H and O–H groups in total. The van der Waals surface area contributed by atoms with E-state index in [0.29, 0.717) is 6.54 Å². The number of nitrogens with zero attached hydrogens (tertiary/aromatic N) is 4. The molecule has 0 amide bonds. The molecule has 2 saturated heterocycles. The molecule has 2 aliphatic heterocycles. The predicted octanol–water partition coefficient (Wildman–Crippen LogP) is 0.675. The fraction of sp³-hybridized carbons (Fsp3) is 0.722. The lowest BCUT2D eigenvalue weighted by Gasteiger charge is -2.43. The van der Waals surface area contributed by atoms with Gasteiger partial charge >= 0.3 is 0 Å². The van der Waals surface area contributed by atoms with E-state index in [1.165, 1.54) is 0 Å². The number of ether oxygens (including phenoxy) is 1. The number of rotatable bonds is 4. The Morgan fingerprint density at radius 2 is 1.83 bits per heavy atom. The molecule has 2 aliphatic rings. The van der Waals surface area contributed by atoms with Gasteiger partial charge in [0.2, 0.25) is 0 Å². The number of aromatic nitrogens is 1. The molecule has 2 fully saturated rings. The lowest BCUT2D eigenvalue weighted by molar-refractivity contribution is -0.0240. The molecule has 1 aromatic heterocycles. The molecular weight excluding hydrogens is 304 g/mol. The fourth-order valence-corrected chi connectivity index (χ4v) is 3.80. The Hall–Kier alpha value is -1.21. The first-order valence-corrected chi connectivity index (χ1v) is 8.93. The number of aliphatic hydroxyl groups is 1. The van der Waals surface area contributed by atoms with Crippen molar-refractivity contribution in [2.24, 2.45) is 0 Å². The van der Waals surface area contributed by atoms with Crippen LogP contribution in [0.2, 0.25) is 0 Å². The third-order valence-electron chi connectivity index (χ3n) is 5.09. The van der Waals surface area contributed by atoms with Gasteiger partial charge in [-0.25, -0.2) is 0 Å². The van der Waals surface area contributed by atoms with Crippen molar-refractivity contribution in [3.05, 3.63) is 24.5 Å². The van der Waals surface area contributed by atoms with Gasteiger partial charge in [-0.05, 0) is 26.0 Å². The summed E-state index contributed by atoms with van der Waals surface area (Å²) >= 11 is 0. The van der Waals surface area contributed by atoms with Gasteiger partial charge in [0.05, 0.1) is 19.3 Å². The summed E-state index contributed by atoms with van der Waals surface area (Å²) in [6.07, 6.45) is 3.29. The minimum atomic E-state index is -0.332. The van der Waals surface area contributed by atoms with E-state index in [2.05, 4.69) is 33.5 Å². The standard InChI is InChI=1S/C18H30N4O2/c1-18(2,22-9-11-24-12-10-22)15-20-7-8-21(14-17(23)13-20)16-3-5-19-6-4-16/h3-6,17,23H,7-15H2,1-2H3/t17-/m0/s1. The summed E-state index contributed by atoms with van der Waals surface area (Å²) in [7, 11) is 0. The Labute approximate surface area is 145 Å². The van der Waals surface area contributed by atoms with Crippen LogP contribution >= 0.6 is 0 Å². The van der Waals surface area contributed by atoms with E-state index in [4.69, 9.17) is 4.74 Å². The molecule has 134 valence electrons. The van der Waals surface area contributed by atoms with E-state index >= 15 is 0 Å². The molecule has 6 nitrogen and oxygen atoms in total. The second-order valence-electron chi connectivity index (χ2n) is 7.45. The van der Waals surface area contributed by atoms with E-state index < -0.39 is 0 Å². The minimum Gasteiger partial charge on any atom is -0.390 e. The van der Waals surface area contributed by atoms with Crippen LogP contribution in [-0.2, 0) is 4.74 Å². The Morgan fingerprint density at radius 3 is 2.54 bits per heavy atom. The number of anilines is 1. The second-order valence-corrected chi connectivity index (χ2v) is 7.45. The van der Waals surface area contributed by atoms with Gasteiger partial charge in [-0.3, -0.25) is 14.8 Å². The van der Waals surface area contributed by atoms with Gasteiger partial charge in [-0.15, -0.1) is 0 Å². The molecule has 0 aliphatic carbocycles. The van der Waals surface area contributed by atoms with E-state index in [9.17, 15) is 5.11 Å². The third kappa shape index (κ3) is 4.45. The van der Waals surface area contributed by atoms with Crippen molar-refractivity contribution in [1.82, 2.24) is 14.8 Å². The van der Waals surface area contributed by atoms with Crippen LogP contribution in [-0.4, -0.2) is 90.6 Å². The number of hydrogen-bond donors (Lipinski definition) is 1. The van der Waals surface area contributed by atoms with Gasteiger partial charge in [0.15, 0.2) is 0 Å². The van der Waals surface area contributed by atoms with E-state index in [1.807, 2.05) is 24.5 Å². The van der Waals surface area contributed by atoms with Crippen molar-refractivity contribution < 1.29 is 9.84 Å². The molecule has 0 radical (unpaired) electrons. The summed E-state index contributed by atoms with van der Waals surface area (Å²) < 4.78 is 5.48. The normalized spacial score (nSPS) is 24.8. The molecule has 3 heterocycles. The monoisotopic (exact) mass is 334 g/mol. The largest absolute Gasteiger partial charge is 0.390 e. The zero-order chi connectivity index (χ0) is 17.0. The molecule has 6 heteroatoms. The number of β-amino-alcohol motifs (C(OH)–C–C–N with tert-alkyl or cyclic N) is 1. The van der Waals surface area contributed by atoms with Crippen LogP contribution in [0.3, 0.4) is 0 Å². The van der Waals surface area contributed by atoms with Gasteiger partial charge in [0, 0.05) is 69.4 Å². The van der Waals surface area contributed by atoms with Crippen LogP contribution in [0.1, 0.15) is 13.8 Å². The summed E-state index contributed by atoms with van der Waals surface area (Å²) in [5.74, 6) is 0. The van der Waals surface area contributed by atoms with Crippen molar-refractivity contribution >= 4 is 5.69 Å². The quantitative estimate of drug-likeness (QED) is 0.874. The van der Waals surface area contributed by atoms with Crippen LogP contribution in [0.25, 0.3) is 0 Å². The third-order valence-corrected chi connectivity index (χ3v) is 5.09. The highest BCUT2D eigenvalue weighted by Crippen LogP contribution is 2.20. The van der Waals surface area contributed by atoms with Crippen LogP contribution in [0.5, 0.6) is 0 Å². The molecule has 0 bridgehead atoms. The van der Waals surface area contributed by atoms with Crippen molar-refractivity contribution in [2.75, 3.05) is 63.9 Å². The Morgan fingerprint density at radius 1 is 1.12 bits per heavy atom. The smallest absolute Gasteiger partial charge is 0.0841 e. The average molecular weight is 334 g/mol. The first-order chi connectivity index (χ1) is 11.5. The Bertz CT molecular complexity index is 505. The Balaban J connectivity index is 1.61. The van der Waals surface area contributed by atoms with Gasteiger partial charge in [0.1, 0.15) is 0 Å². The number of morpholine rings is 1. The summed E-state index contributed by atoms with van der Waals surface area (Å²) in [5, 5.41) is 10.5. The molecule has 1 atom stereocenters. The van der Waals surface area contributed by atoms with E-state index in [-0.39, 0.29) is 11.6 Å². The summed E-state index contributed by atoms with van der Waals surface area (Å²) in [6.45, 7) is 12.5. The zero-order valence-corrected chi connectivity index (χ0v) is 14.9. The van der Waals surface area contributed by atoms with E-state index in [0.717, 1.165) is 58.2 Å². The Kier molecular flexibility index (Phi) is 5.71. The summed E-state index contributed by atoms with van der Waals surface area (Å²) in [5.41, 5.74) is 1.23. The van der Waals surface area contributed by atoms with Crippen LogP contribution in [0.4, 0.5) is 5.69 Å². The maximum atomic E-state index is 10.5. The van der Waals surface area contributed by atoms with Crippen molar-refractivity contribution in [3.63, 3.8) is 0 Å². The molecule has 0 spiro atoms. The van der Waals surface area contributed by atoms with Crippen LogP contribution < -0.4 is 4.90 Å².